The van der Waals surface area contributed by atoms with E-state index in [1.54, 1.807) is 35.2 Å². The fourth-order valence-corrected chi connectivity index (χ4v) is 4.99. The van der Waals surface area contributed by atoms with Gasteiger partial charge in [-0.3, -0.25) is 5.32 Å². The largest absolute Gasteiger partial charge is 0.493 e. The molecular formula is C26H35N7O5S. The first-order valence-corrected chi connectivity index (χ1v) is 13.4. The summed E-state index contributed by atoms with van der Waals surface area (Å²) in [7, 11) is 6.87. The standard InChI is InChI=1S/C26H35N7O5S/c1-7-38-24(34)23-16(2)28-26(39-23)31-25-29-20(14-21(30-25)33-10-8-32(3)9-11-33)27-15-17-12-18(35-4)22(37-6)19(13-17)36-5/h12-14H,7-11,15H2,1-6H3,(H2,27,28,29,30,31). The fourth-order valence-electron chi connectivity index (χ4n) is 4.14. The molecule has 0 bridgehead atoms. The SMILES string of the molecule is CCOC(=O)c1sc(Nc2nc(NCc3cc(OC)c(OC)c(OC)c3)cc(N3CCN(C)CC3)n2)nc1C. The highest BCUT2D eigenvalue weighted by atomic mass is 32.1. The summed E-state index contributed by atoms with van der Waals surface area (Å²) in [6.07, 6.45) is 0. The van der Waals surface area contributed by atoms with Gasteiger partial charge in [-0.1, -0.05) is 11.3 Å². The van der Waals surface area contributed by atoms with E-state index >= 15 is 0 Å². The third kappa shape index (κ3) is 6.79. The van der Waals surface area contributed by atoms with Crippen LogP contribution in [0.5, 0.6) is 17.2 Å². The number of methoxy groups -OCH3 is 3. The van der Waals surface area contributed by atoms with Gasteiger partial charge in [0.15, 0.2) is 16.6 Å². The van der Waals surface area contributed by atoms with Crippen molar-refractivity contribution in [3.63, 3.8) is 0 Å². The van der Waals surface area contributed by atoms with Crippen LogP contribution >= 0.6 is 11.3 Å². The lowest BCUT2D eigenvalue weighted by Crippen LogP contribution is -2.44. The van der Waals surface area contributed by atoms with Crippen LogP contribution in [0.3, 0.4) is 0 Å². The van der Waals surface area contributed by atoms with Crippen molar-refractivity contribution in [1.29, 1.82) is 0 Å². The highest BCUT2D eigenvalue weighted by Crippen LogP contribution is 2.38. The van der Waals surface area contributed by atoms with Gasteiger partial charge in [0.25, 0.3) is 0 Å². The van der Waals surface area contributed by atoms with Gasteiger partial charge in [0.05, 0.1) is 33.6 Å². The number of anilines is 4. The Morgan fingerprint density at radius 3 is 2.31 bits per heavy atom. The molecule has 1 aliphatic rings. The topological polar surface area (TPSA) is 123 Å². The molecular weight excluding hydrogens is 522 g/mol. The van der Waals surface area contributed by atoms with Crippen LogP contribution in [0.1, 0.15) is 27.9 Å². The molecule has 2 aromatic heterocycles. The van der Waals surface area contributed by atoms with Gasteiger partial charge in [0.1, 0.15) is 16.5 Å². The van der Waals surface area contributed by atoms with Crippen LogP contribution in [-0.2, 0) is 11.3 Å². The second-order valence-electron chi connectivity index (χ2n) is 8.89. The summed E-state index contributed by atoms with van der Waals surface area (Å²) in [5.74, 6) is 3.11. The summed E-state index contributed by atoms with van der Waals surface area (Å²) in [4.78, 5) is 31.2. The van der Waals surface area contributed by atoms with Gasteiger partial charge in [-0.25, -0.2) is 9.78 Å². The molecule has 13 heteroatoms. The number of hydrogen-bond acceptors (Lipinski definition) is 13. The fraction of sp³-hybridized carbons (Fsp3) is 0.462. The smallest absolute Gasteiger partial charge is 0.350 e. The molecule has 0 atom stereocenters. The lowest BCUT2D eigenvalue weighted by atomic mass is 10.1. The number of carbonyl (C=O) groups excluding carboxylic acids is 1. The van der Waals surface area contributed by atoms with Crippen LogP contribution in [0.2, 0.25) is 0 Å². The average molecular weight is 558 g/mol. The minimum atomic E-state index is -0.389. The van der Waals surface area contributed by atoms with Crippen molar-refractivity contribution < 1.29 is 23.7 Å². The van der Waals surface area contributed by atoms with Gasteiger partial charge >= 0.3 is 5.97 Å². The van der Waals surface area contributed by atoms with E-state index in [9.17, 15) is 4.79 Å². The average Bonchev–Trinajstić information content (AvgIpc) is 3.31. The Hall–Kier alpha value is -3.84. The Kier molecular flexibility index (Phi) is 9.25. The Morgan fingerprint density at radius 1 is 1.00 bits per heavy atom. The normalized spacial score (nSPS) is 13.6. The zero-order valence-corrected chi connectivity index (χ0v) is 24.0. The molecule has 4 rings (SSSR count). The highest BCUT2D eigenvalue weighted by molar-refractivity contribution is 7.17. The quantitative estimate of drug-likeness (QED) is 0.335. The van der Waals surface area contributed by atoms with Gasteiger partial charge in [-0.2, -0.15) is 9.97 Å². The maximum absolute atomic E-state index is 12.3. The molecule has 39 heavy (non-hydrogen) atoms. The number of nitrogens with zero attached hydrogens (tertiary/aromatic N) is 5. The zero-order valence-electron chi connectivity index (χ0n) is 23.2. The Balaban J connectivity index is 1.60. The third-order valence-corrected chi connectivity index (χ3v) is 7.27. The molecule has 0 saturated carbocycles. The summed E-state index contributed by atoms with van der Waals surface area (Å²) < 4.78 is 21.6. The van der Waals surface area contributed by atoms with Crippen molar-refractivity contribution in [3.05, 3.63) is 34.3 Å². The van der Waals surface area contributed by atoms with E-state index in [4.69, 9.17) is 23.9 Å². The Morgan fingerprint density at radius 2 is 1.69 bits per heavy atom. The van der Waals surface area contributed by atoms with Crippen molar-refractivity contribution in [3.8, 4) is 17.2 Å². The van der Waals surface area contributed by atoms with E-state index in [1.807, 2.05) is 18.2 Å². The van der Waals surface area contributed by atoms with Gasteiger partial charge in [-0.15, -0.1) is 0 Å². The third-order valence-electron chi connectivity index (χ3n) is 6.21. The first kappa shape index (κ1) is 28.2. The van der Waals surface area contributed by atoms with Crippen molar-refractivity contribution >= 4 is 40.0 Å². The summed E-state index contributed by atoms with van der Waals surface area (Å²) >= 11 is 1.21. The summed E-state index contributed by atoms with van der Waals surface area (Å²) in [5.41, 5.74) is 1.52. The van der Waals surface area contributed by atoms with Crippen molar-refractivity contribution in [2.45, 2.75) is 20.4 Å². The zero-order chi connectivity index (χ0) is 27.9. The van der Waals surface area contributed by atoms with Crippen LogP contribution in [0.15, 0.2) is 18.2 Å². The first-order valence-electron chi connectivity index (χ1n) is 12.6. The molecule has 1 fully saturated rings. The van der Waals surface area contributed by atoms with Gasteiger partial charge in [0, 0.05) is 38.8 Å². The Labute approximate surface area is 232 Å². The maximum Gasteiger partial charge on any atom is 0.350 e. The number of carbonyl (C=O) groups is 1. The molecule has 1 aromatic carbocycles. The van der Waals surface area contributed by atoms with E-state index in [0.29, 0.717) is 57.9 Å². The molecule has 12 nitrogen and oxygen atoms in total. The predicted molar refractivity (Wildman–Crippen MR) is 151 cm³/mol. The van der Waals surface area contributed by atoms with Gasteiger partial charge in [-0.05, 0) is 38.6 Å². The van der Waals surface area contributed by atoms with Crippen molar-refractivity contribution in [2.75, 3.05) is 76.7 Å². The second kappa shape index (κ2) is 12.8. The molecule has 0 radical (unpaired) electrons. The van der Waals surface area contributed by atoms with Gasteiger partial charge < -0.3 is 34.1 Å². The van der Waals surface area contributed by atoms with E-state index in [1.165, 1.54) is 11.3 Å². The number of hydrogen-bond donors (Lipinski definition) is 2. The number of likely N-dealkylation sites (N-methyl/N-ethyl adjacent to an activating group) is 1. The lowest BCUT2D eigenvalue weighted by Gasteiger charge is -2.33. The molecule has 1 aliphatic heterocycles. The molecule has 0 spiro atoms. The lowest BCUT2D eigenvalue weighted by molar-refractivity contribution is 0.0531. The van der Waals surface area contributed by atoms with E-state index in [-0.39, 0.29) is 5.97 Å². The maximum atomic E-state index is 12.3. The van der Waals surface area contributed by atoms with Crippen LogP contribution in [0.4, 0.5) is 22.7 Å². The van der Waals surface area contributed by atoms with Crippen LogP contribution in [-0.4, -0.2) is 87.0 Å². The van der Waals surface area contributed by atoms with Crippen LogP contribution < -0.4 is 29.7 Å². The van der Waals surface area contributed by atoms with Crippen molar-refractivity contribution in [1.82, 2.24) is 19.9 Å². The Bertz CT molecular complexity index is 1270. The van der Waals surface area contributed by atoms with Crippen LogP contribution in [0.25, 0.3) is 0 Å². The number of benzene rings is 1. The number of aromatic nitrogens is 3. The van der Waals surface area contributed by atoms with E-state index in [2.05, 4.69) is 37.4 Å². The molecule has 0 amide bonds. The predicted octanol–water partition coefficient (Wildman–Crippen LogP) is 3.55. The summed E-state index contributed by atoms with van der Waals surface area (Å²) in [6, 6.07) is 5.72. The van der Waals surface area contributed by atoms with E-state index in [0.717, 1.165) is 37.6 Å². The number of nitrogens with one attached hydrogen (secondary N) is 2. The number of aryl methyl sites for hydroxylation is 1. The number of esters is 1. The van der Waals surface area contributed by atoms with Gasteiger partial charge in [0.2, 0.25) is 11.7 Å². The monoisotopic (exact) mass is 557 g/mol. The molecule has 1 saturated heterocycles. The summed E-state index contributed by atoms with van der Waals surface area (Å²) in [5, 5.41) is 7.10. The molecule has 3 aromatic rings. The molecule has 2 N–H and O–H groups in total. The number of rotatable bonds is 11. The first-order chi connectivity index (χ1) is 18.8. The number of piperazine rings is 1. The minimum absolute atomic E-state index is 0.302. The van der Waals surface area contributed by atoms with E-state index < -0.39 is 0 Å². The second-order valence-corrected chi connectivity index (χ2v) is 9.89. The molecule has 210 valence electrons. The number of thiazole rings is 1. The highest BCUT2D eigenvalue weighted by Gasteiger charge is 2.20. The molecule has 3 heterocycles. The molecule has 0 aliphatic carbocycles. The molecule has 0 unspecified atom stereocenters. The van der Waals surface area contributed by atoms with Crippen molar-refractivity contribution in [2.24, 2.45) is 0 Å². The minimum Gasteiger partial charge on any atom is -0.493 e. The summed E-state index contributed by atoms with van der Waals surface area (Å²) in [6.45, 7) is 7.89. The van der Waals surface area contributed by atoms with Crippen LogP contribution in [0, 0.1) is 6.92 Å². The number of ether oxygens (including phenoxy) is 4.